The van der Waals surface area contributed by atoms with Gasteiger partial charge < -0.3 is 14.8 Å². The van der Waals surface area contributed by atoms with Gasteiger partial charge in [-0.15, -0.1) is 0 Å². The normalized spacial score (nSPS) is 18.9. The molecule has 0 bridgehead atoms. The van der Waals surface area contributed by atoms with Crippen molar-refractivity contribution in [1.29, 1.82) is 0 Å². The highest BCUT2D eigenvalue weighted by Crippen LogP contribution is 2.33. The summed E-state index contributed by atoms with van der Waals surface area (Å²) < 4.78 is 11.4. The molecule has 1 rings (SSSR count). The van der Waals surface area contributed by atoms with Crippen molar-refractivity contribution in [2.45, 2.75) is 53.4 Å². The first kappa shape index (κ1) is 17.9. The summed E-state index contributed by atoms with van der Waals surface area (Å²) in [6.07, 6.45) is 4.68. The molecule has 0 aromatic heterocycles. The molecular formula is C17H35NO2. The monoisotopic (exact) mass is 285 g/mol. The maximum Gasteiger partial charge on any atom is 0.0471 e. The van der Waals surface area contributed by atoms with E-state index in [1.54, 1.807) is 0 Å². The maximum absolute atomic E-state index is 5.83. The fraction of sp³-hybridized carbons (Fsp3) is 1.00. The average Bonchev–Trinajstić information content (AvgIpc) is 2.38. The van der Waals surface area contributed by atoms with Crippen LogP contribution >= 0.6 is 0 Å². The number of hydrogen-bond acceptors (Lipinski definition) is 3. The summed E-state index contributed by atoms with van der Waals surface area (Å²) in [4.78, 5) is 0. The molecule has 3 heteroatoms. The number of rotatable bonds is 10. The van der Waals surface area contributed by atoms with Crippen LogP contribution in [0.3, 0.4) is 0 Å². The van der Waals surface area contributed by atoms with E-state index in [1.165, 1.54) is 25.7 Å². The lowest BCUT2D eigenvalue weighted by molar-refractivity contribution is -0.00716. The molecule has 0 radical (unpaired) electrons. The third kappa shape index (κ3) is 7.61. The second-order valence-electron chi connectivity index (χ2n) is 7.18. The topological polar surface area (TPSA) is 30.5 Å². The first-order valence-corrected chi connectivity index (χ1v) is 8.40. The molecule has 0 aliphatic carbocycles. The molecule has 1 heterocycles. The van der Waals surface area contributed by atoms with Gasteiger partial charge >= 0.3 is 0 Å². The number of hydrogen-bond donors (Lipinski definition) is 1. The van der Waals surface area contributed by atoms with E-state index in [0.717, 1.165) is 45.4 Å². The molecule has 1 aliphatic rings. The van der Waals surface area contributed by atoms with Crippen molar-refractivity contribution in [1.82, 2.24) is 5.32 Å². The van der Waals surface area contributed by atoms with Crippen molar-refractivity contribution in [3.05, 3.63) is 0 Å². The zero-order valence-corrected chi connectivity index (χ0v) is 14.0. The van der Waals surface area contributed by atoms with Crippen molar-refractivity contribution < 1.29 is 9.47 Å². The van der Waals surface area contributed by atoms with E-state index in [9.17, 15) is 0 Å². The summed E-state index contributed by atoms with van der Waals surface area (Å²) in [5.74, 6) is 1.45. The van der Waals surface area contributed by atoms with Crippen molar-refractivity contribution >= 4 is 0 Å². The van der Waals surface area contributed by atoms with E-state index in [0.29, 0.717) is 11.3 Å². The van der Waals surface area contributed by atoms with Crippen LogP contribution in [-0.4, -0.2) is 39.5 Å². The van der Waals surface area contributed by atoms with Gasteiger partial charge in [-0.3, -0.25) is 0 Å². The molecule has 20 heavy (non-hydrogen) atoms. The van der Waals surface area contributed by atoms with Gasteiger partial charge in [0.1, 0.15) is 0 Å². The molecular weight excluding hydrogens is 250 g/mol. The van der Waals surface area contributed by atoms with Gasteiger partial charge in [0.15, 0.2) is 0 Å². The highest BCUT2D eigenvalue weighted by molar-refractivity contribution is 4.84. The maximum atomic E-state index is 5.83. The van der Waals surface area contributed by atoms with Crippen molar-refractivity contribution in [2.24, 2.45) is 17.3 Å². The van der Waals surface area contributed by atoms with Gasteiger partial charge in [0.25, 0.3) is 0 Å². The van der Waals surface area contributed by atoms with Crippen LogP contribution in [0.2, 0.25) is 0 Å². The minimum absolute atomic E-state index is 0.394. The molecule has 0 aromatic carbocycles. The summed E-state index contributed by atoms with van der Waals surface area (Å²) >= 11 is 0. The Hall–Kier alpha value is -0.120. The van der Waals surface area contributed by atoms with Crippen molar-refractivity contribution in [2.75, 3.05) is 39.5 Å². The van der Waals surface area contributed by atoms with Crippen LogP contribution in [0.5, 0.6) is 0 Å². The predicted molar refractivity (Wildman–Crippen MR) is 85.1 cm³/mol. The number of nitrogens with one attached hydrogen (secondary N) is 1. The van der Waals surface area contributed by atoms with Crippen molar-refractivity contribution in [3.8, 4) is 0 Å². The largest absolute Gasteiger partial charge is 0.381 e. The van der Waals surface area contributed by atoms with Crippen LogP contribution in [0.15, 0.2) is 0 Å². The van der Waals surface area contributed by atoms with E-state index >= 15 is 0 Å². The second-order valence-corrected chi connectivity index (χ2v) is 7.18. The zero-order valence-electron chi connectivity index (χ0n) is 14.0. The van der Waals surface area contributed by atoms with E-state index in [1.807, 2.05) is 0 Å². The minimum atomic E-state index is 0.394. The van der Waals surface area contributed by atoms with Gasteiger partial charge in [0.05, 0.1) is 0 Å². The predicted octanol–water partition coefficient (Wildman–Crippen LogP) is 3.48. The molecule has 120 valence electrons. The molecule has 0 unspecified atom stereocenters. The first-order valence-electron chi connectivity index (χ1n) is 8.40. The lowest BCUT2D eigenvalue weighted by Crippen LogP contribution is -2.41. The summed E-state index contributed by atoms with van der Waals surface area (Å²) in [7, 11) is 0. The molecule has 1 saturated heterocycles. The van der Waals surface area contributed by atoms with Gasteiger partial charge in [-0.2, -0.15) is 0 Å². The number of ether oxygens (including phenoxy) is 2. The molecule has 1 N–H and O–H groups in total. The van der Waals surface area contributed by atoms with Gasteiger partial charge in [-0.25, -0.2) is 0 Å². The Morgan fingerprint density at radius 1 is 1.05 bits per heavy atom. The Bertz CT molecular complexity index is 235. The third-order valence-electron chi connectivity index (χ3n) is 4.22. The standard InChI is InChI=1S/C17H35NO2/c1-15(2)5-9-19-10-6-17(7-11-20-12-8-17)14-18-13-16(3)4/h15-16,18H,5-14H2,1-4H3. The smallest absolute Gasteiger partial charge is 0.0471 e. The van der Waals surface area contributed by atoms with Gasteiger partial charge in [0.2, 0.25) is 0 Å². The average molecular weight is 285 g/mol. The molecule has 0 spiro atoms. The van der Waals surface area contributed by atoms with Gasteiger partial charge in [0, 0.05) is 33.0 Å². The van der Waals surface area contributed by atoms with Gasteiger partial charge in [-0.1, -0.05) is 27.7 Å². The minimum Gasteiger partial charge on any atom is -0.381 e. The van der Waals surface area contributed by atoms with Crippen LogP contribution in [0, 0.1) is 17.3 Å². The summed E-state index contributed by atoms with van der Waals surface area (Å²) in [5.41, 5.74) is 0.394. The van der Waals surface area contributed by atoms with Gasteiger partial charge in [-0.05, 0) is 49.5 Å². The van der Waals surface area contributed by atoms with E-state index in [2.05, 4.69) is 33.0 Å². The first-order chi connectivity index (χ1) is 9.54. The molecule has 0 atom stereocenters. The SMILES string of the molecule is CC(C)CCOCCC1(CNCC(C)C)CCOCC1. The molecule has 0 aromatic rings. The molecule has 1 fully saturated rings. The zero-order chi connectivity index (χ0) is 14.8. The molecule has 1 aliphatic heterocycles. The van der Waals surface area contributed by atoms with Crippen molar-refractivity contribution in [3.63, 3.8) is 0 Å². The summed E-state index contributed by atoms with van der Waals surface area (Å²) in [6, 6.07) is 0. The molecule has 0 amide bonds. The van der Waals surface area contributed by atoms with E-state index in [-0.39, 0.29) is 0 Å². The highest BCUT2D eigenvalue weighted by Gasteiger charge is 2.31. The van der Waals surface area contributed by atoms with Crippen LogP contribution in [-0.2, 0) is 9.47 Å². The Morgan fingerprint density at radius 2 is 1.75 bits per heavy atom. The third-order valence-corrected chi connectivity index (χ3v) is 4.22. The van der Waals surface area contributed by atoms with Crippen LogP contribution in [0.25, 0.3) is 0 Å². The van der Waals surface area contributed by atoms with E-state index in [4.69, 9.17) is 9.47 Å². The van der Waals surface area contributed by atoms with Crippen LogP contribution in [0.4, 0.5) is 0 Å². The lowest BCUT2D eigenvalue weighted by Gasteiger charge is -2.37. The summed E-state index contributed by atoms with van der Waals surface area (Å²) in [5, 5.41) is 3.64. The van der Waals surface area contributed by atoms with E-state index < -0.39 is 0 Å². The quantitative estimate of drug-likeness (QED) is 0.623. The fourth-order valence-corrected chi connectivity index (χ4v) is 2.66. The lowest BCUT2D eigenvalue weighted by atomic mass is 9.77. The highest BCUT2D eigenvalue weighted by atomic mass is 16.5. The second kappa shape index (κ2) is 9.75. The molecule has 3 nitrogen and oxygen atoms in total. The summed E-state index contributed by atoms with van der Waals surface area (Å²) in [6.45, 7) is 14.9. The van der Waals surface area contributed by atoms with Crippen LogP contribution < -0.4 is 5.32 Å². The Balaban J connectivity index is 2.27. The Labute approximate surface area is 125 Å². The fourth-order valence-electron chi connectivity index (χ4n) is 2.66. The Kier molecular flexibility index (Phi) is 8.74. The Morgan fingerprint density at radius 3 is 2.35 bits per heavy atom. The van der Waals surface area contributed by atoms with Crippen LogP contribution in [0.1, 0.15) is 53.4 Å². The molecule has 0 saturated carbocycles.